The molecule has 1 atom stereocenters. The number of unbranched alkanes of at least 4 members (excludes halogenated alkanes) is 3. The molecule has 1 aromatic heterocycles. The molecule has 10 heteroatoms. The molecule has 0 spiro atoms. The van der Waals surface area contributed by atoms with Gasteiger partial charge < -0.3 is 15.4 Å². The summed E-state index contributed by atoms with van der Waals surface area (Å²) in [5.74, 6) is 0.0854. The van der Waals surface area contributed by atoms with Crippen molar-refractivity contribution in [3.8, 4) is 0 Å². The number of nitrogens with two attached hydrogens (primary N) is 1. The quantitative estimate of drug-likeness (QED) is 0.217. The number of nitro groups is 1. The number of hydrogen-bond donors (Lipinski definition) is 1. The van der Waals surface area contributed by atoms with E-state index < -0.39 is 11.0 Å². The molecule has 0 saturated carbocycles. The van der Waals surface area contributed by atoms with Gasteiger partial charge in [0.2, 0.25) is 0 Å². The number of fused-ring (bicyclic) bond motifs is 1. The van der Waals surface area contributed by atoms with Crippen molar-refractivity contribution >= 4 is 22.5 Å². The highest BCUT2D eigenvalue weighted by molar-refractivity contribution is 5.95. The minimum absolute atomic E-state index is 0.155. The summed E-state index contributed by atoms with van der Waals surface area (Å²) in [6, 6.07) is 12.2. The summed E-state index contributed by atoms with van der Waals surface area (Å²) in [5, 5.41) is 11.8. The van der Waals surface area contributed by atoms with Crippen LogP contribution >= 0.6 is 0 Å². The van der Waals surface area contributed by atoms with Crippen molar-refractivity contribution in [3.63, 3.8) is 0 Å². The largest absolute Gasteiger partial charge is 0.383 e. The van der Waals surface area contributed by atoms with Crippen molar-refractivity contribution in [1.29, 1.82) is 0 Å². The summed E-state index contributed by atoms with van der Waals surface area (Å²) in [7, 11) is 1.56. The number of aromatic nitrogens is 2. The van der Waals surface area contributed by atoms with E-state index in [0.717, 1.165) is 25.7 Å². The molecule has 2 aromatic carbocycles. The Balaban J connectivity index is 2.04. The first-order chi connectivity index (χ1) is 17.4. The molecule has 0 bridgehead atoms. The number of hydrogen-bond acceptors (Lipinski definition) is 7. The molecule has 0 aliphatic heterocycles. The second-order valence-electron chi connectivity index (χ2n) is 8.62. The van der Waals surface area contributed by atoms with E-state index in [1.54, 1.807) is 40.8 Å². The van der Waals surface area contributed by atoms with Gasteiger partial charge in [0.05, 0.1) is 35.0 Å². The molecule has 1 amide bonds. The molecular formula is C26H33N5O5. The van der Waals surface area contributed by atoms with Gasteiger partial charge in [-0.25, -0.2) is 4.98 Å². The third-order valence-electron chi connectivity index (χ3n) is 6.17. The van der Waals surface area contributed by atoms with E-state index in [2.05, 4.69) is 0 Å². The van der Waals surface area contributed by atoms with Crippen molar-refractivity contribution in [2.75, 3.05) is 26.8 Å². The molecule has 1 unspecified atom stereocenters. The maximum absolute atomic E-state index is 13.7. The smallest absolute Gasteiger partial charge is 0.270 e. The Morgan fingerprint density at radius 2 is 1.92 bits per heavy atom. The lowest BCUT2D eigenvalue weighted by atomic mass is 10.1. The number of nitrogens with zero attached hydrogens (tertiary/aromatic N) is 4. The molecule has 0 aliphatic rings. The second kappa shape index (κ2) is 12.9. The third kappa shape index (κ3) is 6.32. The Hall–Kier alpha value is -3.63. The number of methoxy groups -OCH3 is 1. The van der Waals surface area contributed by atoms with E-state index in [-0.39, 0.29) is 29.3 Å². The zero-order chi connectivity index (χ0) is 26.1. The van der Waals surface area contributed by atoms with Crippen LogP contribution in [-0.2, 0) is 11.3 Å². The monoisotopic (exact) mass is 495 g/mol. The standard InChI is InChI=1S/C26H33N5O5/c1-19(24-28-23-13-6-5-12-22(23)26(33)30(24)16-17-36-2)29(15-8-4-3-7-14-27)25(32)20-10-9-11-21(18-20)31(34)35/h5-6,9-13,18-19H,3-4,7-8,14-17,27H2,1-2H3. The fourth-order valence-electron chi connectivity index (χ4n) is 4.21. The molecular weight excluding hydrogens is 462 g/mol. The summed E-state index contributed by atoms with van der Waals surface area (Å²) in [4.78, 5) is 44.2. The summed E-state index contributed by atoms with van der Waals surface area (Å²) in [6.45, 7) is 3.43. The molecule has 3 rings (SSSR count). The minimum atomic E-state index is -0.569. The molecule has 0 radical (unpaired) electrons. The molecule has 0 saturated heterocycles. The van der Waals surface area contributed by atoms with Crippen LogP contribution in [0.15, 0.2) is 53.3 Å². The van der Waals surface area contributed by atoms with Gasteiger partial charge in [-0.05, 0) is 44.5 Å². The Morgan fingerprint density at radius 3 is 2.64 bits per heavy atom. The normalized spacial score (nSPS) is 12.0. The Labute approximate surface area is 209 Å². The molecule has 1 heterocycles. The first-order valence-electron chi connectivity index (χ1n) is 12.1. The van der Waals surface area contributed by atoms with Gasteiger partial charge in [-0.3, -0.25) is 24.3 Å². The Kier molecular flexibility index (Phi) is 9.66. The molecule has 192 valence electrons. The van der Waals surface area contributed by atoms with Gasteiger partial charge in [-0.15, -0.1) is 0 Å². The first kappa shape index (κ1) is 27.0. The number of ether oxygens (including phenoxy) is 1. The molecule has 36 heavy (non-hydrogen) atoms. The average molecular weight is 496 g/mol. The topological polar surface area (TPSA) is 134 Å². The number of amides is 1. The first-order valence-corrected chi connectivity index (χ1v) is 12.1. The van der Waals surface area contributed by atoms with Crippen molar-refractivity contribution in [1.82, 2.24) is 14.5 Å². The Morgan fingerprint density at radius 1 is 1.17 bits per heavy atom. The van der Waals surface area contributed by atoms with E-state index in [4.69, 9.17) is 15.5 Å². The zero-order valence-corrected chi connectivity index (χ0v) is 20.8. The zero-order valence-electron chi connectivity index (χ0n) is 20.8. The average Bonchev–Trinajstić information content (AvgIpc) is 2.89. The lowest BCUT2D eigenvalue weighted by Gasteiger charge is -2.31. The van der Waals surface area contributed by atoms with Crippen LogP contribution in [-0.4, -0.2) is 52.1 Å². The van der Waals surface area contributed by atoms with Crippen molar-refractivity contribution in [2.24, 2.45) is 5.73 Å². The summed E-state index contributed by atoms with van der Waals surface area (Å²) in [5.41, 5.74) is 6.00. The number of non-ortho nitro benzene ring substituents is 1. The van der Waals surface area contributed by atoms with Crippen LogP contribution in [0.3, 0.4) is 0 Å². The Bertz CT molecular complexity index is 1260. The van der Waals surface area contributed by atoms with Gasteiger partial charge in [0, 0.05) is 31.4 Å². The van der Waals surface area contributed by atoms with Gasteiger partial charge in [0.15, 0.2) is 0 Å². The van der Waals surface area contributed by atoms with Gasteiger partial charge >= 0.3 is 0 Å². The fourth-order valence-corrected chi connectivity index (χ4v) is 4.21. The summed E-state index contributed by atoms with van der Waals surface area (Å²) in [6.07, 6.45) is 3.44. The van der Waals surface area contributed by atoms with Gasteiger partial charge in [0.25, 0.3) is 17.2 Å². The van der Waals surface area contributed by atoms with E-state index in [1.807, 2.05) is 13.0 Å². The number of para-hydroxylation sites is 1. The number of rotatable bonds is 13. The van der Waals surface area contributed by atoms with E-state index in [9.17, 15) is 19.7 Å². The highest BCUT2D eigenvalue weighted by Crippen LogP contribution is 2.24. The predicted octanol–water partition coefficient (Wildman–Crippen LogP) is 3.67. The van der Waals surface area contributed by atoms with Crippen molar-refractivity contribution < 1.29 is 14.5 Å². The van der Waals surface area contributed by atoms with E-state index in [0.29, 0.717) is 36.4 Å². The molecule has 0 aliphatic carbocycles. The van der Waals surface area contributed by atoms with E-state index >= 15 is 0 Å². The molecule has 10 nitrogen and oxygen atoms in total. The van der Waals surface area contributed by atoms with Crippen molar-refractivity contribution in [3.05, 3.63) is 80.4 Å². The van der Waals surface area contributed by atoms with Gasteiger partial charge in [0.1, 0.15) is 5.82 Å². The number of carbonyl (C=O) groups is 1. The molecule has 3 aromatic rings. The van der Waals surface area contributed by atoms with Crippen molar-refractivity contribution in [2.45, 2.75) is 45.2 Å². The van der Waals surface area contributed by atoms with Crippen LogP contribution in [0.4, 0.5) is 5.69 Å². The van der Waals surface area contributed by atoms with Crippen LogP contribution in [0.1, 0.15) is 54.8 Å². The summed E-state index contributed by atoms with van der Waals surface area (Å²) < 4.78 is 6.77. The maximum atomic E-state index is 13.7. The highest BCUT2D eigenvalue weighted by atomic mass is 16.6. The van der Waals surface area contributed by atoms with Crippen LogP contribution in [0.5, 0.6) is 0 Å². The van der Waals surface area contributed by atoms with Crippen LogP contribution in [0, 0.1) is 10.1 Å². The number of nitro benzene ring substituents is 1. The second-order valence-corrected chi connectivity index (χ2v) is 8.62. The predicted molar refractivity (Wildman–Crippen MR) is 138 cm³/mol. The number of benzene rings is 2. The number of carbonyl (C=O) groups excluding carboxylic acids is 1. The highest BCUT2D eigenvalue weighted by Gasteiger charge is 2.27. The summed E-state index contributed by atoms with van der Waals surface area (Å²) >= 11 is 0. The SMILES string of the molecule is COCCn1c(C(C)N(CCCCCCN)C(=O)c2cccc([N+](=O)[O-])c2)nc2ccccc2c1=O. The van der Waals surface area contributed by atoms with Gasteiger partial charge in [-0.1, -0.05) is 31.0 Å². The van der Waals surface area contributed by atoms with Gasteiger partial charge in [-0.2, -0.15) is 0 Å². The lowest BCUT2D eigenvalue weighted by molar-refractivity contribution is -0.384. The van der Waals surface area contributed by atoms with Crippen LogP contribution in [0.25, 0.3) is 10.9 Å². The van der Waals surface area contributed by atoms with E-state index in [1.165, 1.54) is 18.2 Å². The fraction of sp³-hybridized carbons (Fsp3) is 0.423. The minimum Gasteiger partial charge on any atom is -0.383 e. The maximum Gasteiger partial charge on any atom is 0.270 e. The third-order valence-corrected chi connectivity index (χ3v) is 6.17. The molecule has 2 N–H and O–H groups in total. The van der Waals surface area contributed by atoms with Crippen LogP contribution in [0.2, 0.25) is 0 Å². The molecule has 0 fully saturated rings. The lowest BCUT2D eigenvalue weighted by Crippen LogP contribution is -2.39. The van der Waals surface area contributed by atoms with Crippen LogP contribution < -0.4 is 11.3 Å².